The van der Waals surface area contributed by atoms with E-state index >= 15 is 0 Å². The molecule has 0 radical (unpaired) electrons. The molecule has 0 aliphatic rings. The monoisotopic (exact) mass is 220 g/mol. The molecule has 5 heteroatoms. The fraction of sp³-hybridized carbons (Fsp3) is 0.455. The van der Waals surface area contributed by atoms with Gasteiger partial charge in [-0.2, -0.15) is 5.26 Å². The summed E-state index contributed by atoms with van der Waals surface area (Å²) in [5.41, 5.74) is 5.82. The summed E-state index contributed by atoms with van der Waals surface area (Å²) in [6, 6.07) is 3.54. The van der Waals surface area contributed by atoms with E-state index < -0.39 is 5.60 Å². The zero-order chi connectivity index (χ0) is 12.3. The number of likely N-dealkylation sites (N-methyl/N-ethyl adjacent to an activating group) is 1. The standard InChI is InChI=1S/C11H16N4O/c1-11(2,16)7-15(3)10-9(13)4-8(5-12)6-14-10/h4,6,16H,7,13H2,1-3H3. The van der Waals surface area contributed by atoms with Gasteiger partial charge < -0.3 is 15.7 Å². The summed E-state index contributed by atoms with van der Waals surface area (Å²) < 4.78 is 0. The van der Waals surface area contributed by atoms with Gasteiger partial charge in [-0.1, -0.05) is 0 Å². The van der Waals surface area contributed by atoms with Gasteiger partial charge in [-0.3, -0.25) is 0 Å². The highest BCUT2D eigenvalue weighted by atomic mass is 16.3. The summed E-state index contributed by atoms with van der Waals surface area (Å²) in [5, 5.41) is 18.4. The molecular weight excluding hydrogens is 204 g/mol. The molecule has 0 saturated heterocycles. The summed E-state index contributed by atoms with van der Waals surface area (Å²) in [5.74, 6) is 0.570. The molecule has 0 unspecified atom stereocenters. The molecule has 1 aromatic rings. The maximum atomic E-state index is 9.68. The Morgan fingerprint density at radius 3 is 2.69 bits per heavy atom. The number of pyridine rings is 1. The van der Waals surface area contributed by atoms with Gasteiger partial charge in [0.25, 0.3) is 0 Å². The Bertz CT molecular complexity index is 417. The number of nitriles is 1. The van der Waals surface area contributed by atoms with Gasteiger partial charge in [0, 0.05) is 19.8 Å². The van der Waals surface area contributed by atoms with Crippen LogP contribution in [0.15, 0.2) is 12.3 Å². The fourth-order valence-corrected chi connectivity index (χ4v) is 1.51. The largest absolute Gasteiger partial charge is 0.396 e. The first kappa shape index (κ1) is 12.3. The van der Waals surface area contributed by atoms with Gasteiger partial charge >= 0.3 is 0 Å². The highest BCUT2D eigenvalue weighted by molar-refractivity contribution is 5.64. The van der Waals surface area contributed by atoms with Crippen molar-refractivity contribution in [1.82, 2.24) is 4.98 Å². The van der Waals surface area contributed by atoms with E-state index in [0.717, 1.165) is 0 Å². The minimum absolute atomic E-state index is 0.413. The molecule has 1 heterocycles. The van der Waals surface area contributed by atoms with Crippen LogP contribution in [0, 0.1) is 11.3 Å². The molecule has 86 valence electrons. The van der Waals surface area contributed by atoms with Gasteiger partial charge in [0.15, 0.2) is 5.82 Å². The number of rotatable bonds is 3. The topological polar surface area (TPSA) is 86.2 Å². The van der Waals surface area contributed by atoms with E-state index in [9.17, 15) is 5.11 Å². The Kier molecular flexibility index (Phi) is 3.35. The molecule has 16 heavy (non-hydrogen) atoms. The summed E-state index contributed by atoms with van der Waals surface area (Å²) in [6.45, 7) is 3.84. The van der Waals surface area contributed by atoms with Crippen LogP contribution in [0.1, 0.15) is 19.4 Å². The Morgan fingerprint density at radius 1 is 1.62 bits per heavy atom. The Labute approximate surface area is 95.1 Å². The van der Waals surface area contributed by atoms with Crippen molar-refractivity contribution in [2.75, 3.05) is 24.2 Å². The number of hydrogen-bond acceptors (Lipinski definition) is 5. The molecular formula is C11H16N4O. The summed E-state index contributed by atoms with van der Waals surface area (Å²) >= 11 is 0. The average molecular weight is 220 g/mol. The number of anilines is 2. The predicted octanol–water partition coefficient (Wildman–Crippen LogP) is 0.743. The minimum Gasteiger partial charge on any atom is -0.396 e. The maximum absolute atomic E-state index is 9.68. The van der Waals surface area contributed by atoms with E-state index in [0.29, 0.717) is 23.6 Å². The van der Waals surface area contributed by atoms with Crippen LogP contribution in [0.3, 0.4) is 0 Å². The smallest absolute Gasteiger partial charge is 0.151 e. The SMILES string of the molecule is CN(CC(C)(C)O)c1ncc(C#N)cc1N. The van der Waals surface area contributed by atoms with Crippen LogP contribution in [0.5, 0.6) is 0 Å². The zero-order valence-electron chi connectivity index (χ0n) is 9.73. The van der Waals surface area contributed by atoms with E-state index in [2.05, 4.69) is 4.98 Å². The van der Waals surface area contributed by atoms with Crippen molar-refractivity contribution < 1.29 is 5.11 Å². The number of aromatic nitrogens is 1. The number of aliphatic hydroxyl groups is 1. The first-order valence-corrected chi connectivity index (χ1v) is 4.92. The lowest BCUT2D eigenvalue weighted by Gasteiger charge is -2.27. The van der Waals surface area contributed by atoms with Crippen LogP contribution in [0.25, 0.3) is 0 Å². The molecule has 1 rings (SSSR count). The second kappa shape index (κ2) is 4.37. The third kappa shape index (κ3) is 3.11. The number of nitrogens with two attached hydrogens (primary N) is 1. The second-order valence-corrected chi connectivity index (χ2v) is 4.42. The lowest BCUT2D eigenvalue weighted by molar-refractivity contribution is 0.0885. The number of nitrogens with zero attached hydrogens (tertiary/aromatic N) is 3. The molecule has 0 aromatic carbocycles. The highest BCUT2D eigenvalue weighted by Gasteiger charge is 2.18. The molecule has 0 amide bonds. The molecule has 1 aromatic heterocycles. The van der Waals surface area contributed by atoms with Gasteiger partial charge in [-0.05, 0) is 19.9 Å². The second-order valence-electron chi connectivity index (χ2n) is 4.42. The van der Waals surface area contributed by atoms with E-state index in [4.69, 9.17) is 11.0 Å². The minimum atomic E-state index is -0.823. The third-order valence-electron chi connectivity index (χ3n) is 2.01. The van der Waals surface area contributed by atoms with Crippen LogP contribution < -0.4 is 10.6 Å². The van der Waals surface area contributed by atoms with Crippen molar-refractivity contribution in [3.63, 3.8) is 0 Å². The quantitative estimate of drug-likeness (QED) is 0.784. The number of hydrogen-bond donors (Lipinski definition) is 2. The van der Waals surface area contributed by atoms with E-state index in [-0.39, 0.29) is 0 Å². The lowest BCUT2D eigenvalue weighted by atomic mass is 10.1. The summed E-state index contributed by atoms with van der Waals surface area (Å²) in [4.78, 5) is 5.86. The van der Waals surface area contributed by atoms with Gasteiger partial charge in [-0.25, -0.2) is 4.98 Å². The van der Waals surface area contributed by atoms with Crippen LogP contribution in [0.2, 0.25) is 0 Å². The van der Waals surface area contributed by atoms with Crippen molar-refractivity contribution in [3.05, 3.63) is 17.8 Å². The normalized spacial score (nSPS) is 10.9. The predicted molar refractivity (Wildman–Crippen MR) is 62.9 cm³/mol. The van der Waals surface area contributed by atoms with Gasteiger partial charge in [-0.15, -0.1) is 0 Å². The Hall–Kier alpha value is -1.80. The van der Waals surface area contributed by atoms with Crippen LogP contribution in [0.4, 0.5) is 11.5 Å². The summed E-state index contributed by atoms with van der Waals surface area (Å²) in [6.07, 6.45) is 1.46. The molecule has 3 N–H and O–H groups in total. The molecule has 0 aliphatic heterocycles. The van der Waals surface area contributed by atoms with Crippen LogP contribution in [-0.4, -0.2) is 29.3 Å². The molecule has 0 aliphatic carbocycles. The molecule has 0 atom stereocenters. The van der Waals surface area contributed by atoms with Crippen LogP contribution >= 0.6 is 0 Å². The van der Waals surface area contributed by atoms with Crippen molar-refractivity contribution in [3.8, 4) is 6.07 Å². The first-order chi connectivity index (χ1) is 7.33. The van der Waals surface area contributed by atoms with Crippen molar-refractivity contribution in [2.24, 2.45) is 0 Å². The fourth-order valence-electron chi connectivity index (χ4n) is 1.51. The van der Waals surface area contributed by atoms with E-state index in [1.54, 1.807) is 31.9 Å². The van der Waals surface area contributed by atoms with Crippen molar-refractivity contribution >= 4 is 11.5 Å². The Morgan fingerprint density at radius 2 is 2.25 bits per heavy atom. The van der Waals surface area contributed by atoms with Crippen LogP contribution in [-0.2, 0) is 0 Å². The molecule has 0 spiro atoms. The average Bonchev–Trinajstić information content (AvgIpc) is 2.14. The third-order valence-corrected chi connectivity index (χ3v) is 2.01. The van der Waals surface area contributed by atoms with Gasteiger partial charge in [0.1, 0.15) is 6.07 Å². The summed E-state index contributed by atoms with van der Waals surface area (Å²) in [7, 11) is 1.79. The molecule has 0 saturated carbocycles. The lowest BCUT2D eigenvalue weighted by Crippen LogP contribution is -2.37. The first-order valence-electron chi connectivity index (χ1n) is 4.92. The van der Waals surface area contributed by atoms with Gasteiger partial charge in [0.05, 0.1) is 16.9 Å². The zero-order valence-corrected chi connectivity index (χ0v) is 9.73. The number of nitrogen functional groups attached to an aromatic ring is 1. The molecule has 0 bridgehead atoms. The van der Waals surface area contributed by atoms with Crippen molar-refractivity contribution in [2.45, 2.75) is 19.4 Å². The van der Waals surface area contributed by atoms with Crippen molar-refractivity contribution in [1.29, 1.82) is 5.26 Å². The van der Waals surface area contributed by atoms with E-state index in [1.807, 2.05) is 6.07 Å². The maximum Gasteiger partial charge on any atom is 0.151 e. The highest BCUT2D eigenvalue weighted by Crippen LogP contribution is 2.21. The molecule has 5 nitrogen and oxygen atoms in total. The van der Waals surface area contributed by atoms with Gasteiger partial charge in [0.2, 0.25) is 0 Å². The Balaban J connectivity index is 2.93. The molecule has 0 fully saturated rings. The van der Waals surface area contributed by atoms with E-state index in [1.165, 1.54) is 6.20 Å².